The fourth-order valence-corrected chi connectivity index (χ4v) is 2.79. The van der Waals surface area contributed by atoms with E-state index in [0.29, 0.717) is 13.1 Å². The molecule has 1 amide bonds. The molecule has 1 atom stereocenters. The molecule has 3 nitrogen and oxygen atoms in total. The fraction of sp³-hybridized carbons (Fsp3) is 0.500. The van der Waals surface area contributed by atoms with Crippen LogP contribution in [0.5, 0.6) is 0 Å². The Morgan fingerprint density at radius 1 is 1.47 bits per heavy atom. The van der Waals surface area contributed by atoms with Gasteiger partial charge < -0.3 is 10.6 Å². The molecule has 1 fully saturated rings. The van der Waals surface area contributed by atoms with Crippen LogP contribution in [-0.4, -0.2) is 29.9 Å². The van der Waals surface area contributed by atoms with E-state index in [0.717, 1.165) is 25.7 Å². The molecule has 1 aromatic rings. The average molecular weight is 285 g/mol. The molecule has 1 heterocycles. The van der Waals surface area contributed by atoms with Crippen molar-refractivity contribution in [1.82, 2.24) is 4.90 Å². The Morgan fingerprint density at radius 3 is 3.00 bits per heavy atom. The number of rotatable bonds is 3. The van der Waals surface area contributed by atoms with Gasteiger partial charge in [-0.2, -0.15) is 0 Å². The summed E-state index contributed by atoms with van der Waals surface area (Å²) in [4.78, 5) is 14.3. The second kappa shape index (κ2) is 6.35. The lowest BCUT2D eigenvalue weighted by atomic mass is 9.98. The molecule has 0 aromatic heterocycles. The van der Waals surface area contributed by atoms with Gasteiger partial charge in [0, 0.05) is 12.6 Å². The predicted molar refractivity (Wildman–Crippen MR) is 73.8 cm³/mol. The maximum Gasteiger partial charge on any atom is 0.255 e. The summed E-state index contributed by atoms with van der Waals surface area (Å²) >= 11 is 5.88. The Labute approximate surface area is 117 Å². The maximum atomic E-state index is 13.4. The molecule has 1 aliphatic rings. The fourth-order valence-electron chi connectivity index (χ4n) is 2.58. The van der Waals surface area contributed by atoms with Crippen molar-refractivity contribution < 1.29 is 9.18 Å². The number of hydrogen-bond acceptors (Lipinski definition) is 2. The van der Waals surface area contributed by atoms with Crippen LogP contribution in [0.2, 0.25) is 5.02 Å². The molecule has 1 unspecified atom stereocenters. The van der Waals surface area contributed by atoms with E-state index >= 15 is 0 Å². The van der Waals surface area contributed by atoms with Gasteiger partial charge in [-0.25, -0.2) is 4.39 Å². The highest BCUT2D eigenvalue weighted by Crippen LogP contribution is 2.26. The molecule has 0 radical (unpaired) electrons. The molecule has 104 valence electrons. The number of carbonyl (C=O) groups is 1. The van der Waals surface area contributed by atoms with Crippen molar-refractivity contribution in [3.05, 3.63) is 34.6 Å². The van der Waals surface area contributed by atoms with Gasteiger partial charge >= 0.3 is 0 Å². The van der Waals surface area contributed by atoms with Gasteiger partial charge in [0.05, 0.1) is 10.6 Å². The summed E-state index contributed by atoms with van der Waals surface area (Å²) in [5.74, 6) is -0.748. The van der Waals surface area contributed by atoms with Crippen molar-refractivity contribution in [3.8, 4) is 0 Å². The first-order chi connectivity index (χ1) is 9.15. The number of benzene rings is 1. The van der Waals surface area contributed by atoms with Gasteiger partial charge in [-0.3, -0.25) is 4.79 Å². The summed E-state index contributed by atoms with van der Waals surface area (Å²) < 4.78 is 13.4. The summed E-state index contributed by atoms with van der Waals surface area (Å²) in [6.07, 6.45) is 3.81. The number of hydrogen-bond donors (Lipinski definition) is 1. The van der Waals surface area contributed by atoms with Gasteiger partial charge in [-0.15, -0.1) is 0 Å². The number of amides is 1. The molecular formula is C14H18ClFN2O. The number of nitrogens with zero attached hydrogens (tertiary/aromatic N) is 1. The highest BCUT2D eigenvalue weighted by Gasteiger charge is 2.28. The third-order valence-corrected chi connectivity index (χ3v) is 3.95. The molecule has 0 bridgehead atoms. The third-order valence-electron chi connectivity index (χ3n) is 3.57. The van der Waals surface area contributed by atoms with Gasteiger partial charge in [0.1, 0.15) is 5.82 Å². The van der Waals surface area contributed by atoms with Crippen LogP contribution in [-0.2, 0) is 0 Å². The highest BCUT2D eigenvalue weighted by atomic mass is 35.5. The molecule has 1 aromatic carbocycles. The van der Waals surface area contributed by atoms with Crippen molar-refractivity contribution in [2.75, 3.05) is 13.1 Å². The number of halogens is 2. The quantitative estimate of drug-likeness (QED) is 0.928. The summed E-state index contributed by atoms with van der Waals surface area (Å²) in [7, 11) is 0. The van der Waals surface area contributed by atoms with Crippen LogP contribution >= 0.6 is 11.6 Å². The van der Waals surface area contributed by atoms with Crippen LogP contribution in [0.3, 0.4) is 0 Å². The molecule has 2 N–H and O–H groups in total. The topological polar surface area (TPSA) is 46.3 Å². The molecule has 0 saturated carbocycles. The van der Waals surface area contributed by atoms with Gasteiger partial charge in [0.15, 0.2) is 0 Å². The average Bonchev–Trinajstić information content (AvgIpc) is 2.42. The molecule has 0 spiro atoms. The van der Waals surface area contributed by atoms with Crippen molar-refractivity contribution in [2.45, 2.75) is 31.7 Å². The third kappa shape index (κ3) is 3.07. The minimum atomic E-state index is -0.556. The Bertz CT molecular complexity index is 465. The number of carbonyl (C=O) groups excluding carboxylic acids is 1. The smallest absolute Gasteiger partial charge is 0.255 e. The summed E-state index contributed by atoms with van der Waals surface area (Å²) in [6.45, 7) is 1.24. The summed E-state index contributed by atoms with van der Waals surface area (Å²) in [5.41, 5.74) is 5.83. The second-order valence-corrected chi connectivity index (χ2v) is 5.20. The lowest BCUT2D eigenvalue weighted by Gasteiger charge is -2.36. The predicted octanol–water partition coefficient (Wildman–Crippen LogP) is 2.82. The van der Waals surface area contributed by atoms with Crippen molar-refractivity contribution >= 4 is 17.5 Å². The Morgan fingerprint density at radius 2 is 2.26 bits per heavy atom. The molecule has 5 heteroatoms. The Kier molecular flexibility index (Phi) is 4.77. The zero-order chi connectivity index (χ0) is 13.8. The van der Waals surface area contributed by atoms with Crippen LogP contribution < -0.4 is 5.73 Å². The van der Waals surface area contributed by atoms with Crippen LogP contribution in [0.15, 0.2) is 18.2 Å². The largest absolute Gasteiger partial charge is 0.336 e. The van der Waals surface area contributed by atoms with Crippen molar-refractivity contribution in [2.24, 2.45) is 5.73 Å². The lowest BCUT2D eigenvalue weighted by molar-refractivity contribution is 0.0604. The van der Waals surface area contributed by atoms with Crippen molar-refractivity contribution in [1.29, 1.82) is 0 Å². The lowest BCUT2D eigenvalue weighted by Crippen LogP contribution is -2.44. The second-order valence-electron chi connectivity index (χ2n) is 4.83. The minimum Gasteiger partial charge on any atom is -0.336 e. The maximum absolute atomic E-state index is 13.4. The van der Waals surface area contributed by atoms with Gasteiger partial charge in [-0.05, 0) is 44.4 Å². The summed E-state index contributed by atoms with van der Waals surface area (Å²) in [6, 6.07) is 4.48. The molecule has 1 aliphatic heterocycles. The number of piperidine rings is 1. The van der Waals surface area contributed by atoms with E-state index in [1.807, 2.05) is 0 Å². The van der Waals surface area contributed by atoms with E-state index in [-0.39, 0.29) is 22.5 Å². The first-order valence-corrected chi connectivity index (χ1v) is 6.98. The zero-order valence-electron chi connectivity index (χ0n) is 10.7. The van der Waals surface area contributed by atoms with Crippen LogP contribution in [0.1, 0.15) is 36.0 Å². The van der Waals surface area contributed by atoms with Crippen molar-refractivity contribution in [3.63, 3.8) is 0 Å². The zero-order valence-corrected chi connectivity index (χ0v) is 11.5. The van der Waals surface area contributed by atoms with Crippen LogP contribution in [0, 0.1) is 5.82 Å². The number of nitrogens with two attached hydrogens (primary N) is 1. The molecule has 2 rings (SSSR count). The van der Waals surface area contributed by atoms with E-state index in [4.69, 9.17) is 17.3 Å². The van der Waals surface area contributed by atoms with Gasteiger partial charge in [-0.1, -0.05) is 17.7 Å². The highest BCUT2D eigenvalue weighted by molar-refractivity contribution is 6.34. The van der Waals surface area contributed by atoms with E-state index in [1.165, 1.54) is 12.1 Å². The van der Waals surface area contributed by atoms with E-state index in [1.54, 1.807) is 11.0 Å². The van der Waals surface area contributed by atoms with E-state index < -0.39 is 5.82 Å². The number of likely N-dealkylation sites (tertiary alicyclic amines) is 1. The summed E-state index contributed by atoms with van der Waals surface area (Å²) in [5, 5.41) is -0.0930. The Balaban J connectivity index is 2.23. The monoisotopic (exact) mass is 284 g/mol. The normalized spacial score (nSPS) is 19.5. The first kappa shape index (κ1) is 14.3. The van der Waals surface area contributed by atoms with Gasteiger partial charge in [0.25, 0.3) is 5.91 Å². The minimum absolute atomic E-state index is 0.0930. The first-order valence-electron chi connectivity index (χ1n) is 6.60. The molecule has 0 aliphatic carbocycles. The van der Waals surface area contributed by atoms with E-state index in [9.17, 15) is 9.18 Å². The van der Waals surface area contributed by atoms with E-state index in [2.05, 4.69) is 0 Å². The molecule has 1 saturated heterocycles. The van der Waals surface area contributed by atoms with Crippen LogP contribution in [0.25, 0.3) is 0 Å². The molecular weight excluding hydrogens is 267 g/mol. The van der Waals surface area contributed by atoms with Crippen LogP contribution in [0.4, 0.5) is 4.39 Å². The van der Waals surface area contributed by atoms with Gasteiger partial charge in [0.2, 0.25) is 0 Å². The Hall–Kier alpha value is -1.13. The standard InChI is InChI=1S/C14H18ClFN2O/c15-13-11(5-3-6-12(13)16)14(19)18-9-2-1-4-10(18)7-8-17/h3,5-6,10H,1-2,4,7-9,17H2. The SMILES string of the molecule is NCCC1CCCCN1C(=O)c1cccc(F)c1Cl. The molecule has 19 heavy (non-hydrogen) atoms.